The van der Waals surface area contributed by atoms with Gasteiger partial charge >= 0.3 is 0 Å². The molecule has 1 atom stereocenters. The highest BCUT2D eigenvalue weighted by molar-refractivity contribution is 6.00. The SMILES string of the molecule is CC1=C(c2ccccc2)C(c2ccccc2)c2cc(C)ccc21. The number of hydrogen-bond donors (Lipinski definition) is 0. The van der Waals surface area contributed by atoms with Crippen molar-refractivity contribution in [1.29, 1.82) is 0 Å². The molecule has 4 rings (SSSR count). The largest absolute Gasteiger partial charge is 0.0622 e. The van der Waals surface area contributed by atoms with Crippen LogP contribution in [0.4, 0.5) is 0 Å². The van der Waals surface area contributed by atoms with E-state index in [1.165, 1.54) is 39.0 Å². The summed E-state index contributed by atoms with van der Waals surface area (Å²) >= 11 is 0. The van der Waals surface area contributed by atoms with E-state index < -0.39 is 0 Å². The van der Waals surface area contributed by atoms with Crippen LogP contribution in [0.15, 0.2) is 78.9 Å². The van der Waals surface area contributed by atoms with E-state index in [1.807, 2.05) is 0 Å². The van der Waals surface area contributed by atoms with Crippen molar-refractivity contribution in [2.24, 2.45) is 0 Å². The summed E-state index contributed by atoms with van der Waals surface area (Å²) < 4.78 is 0. The number of rotatable bonds is 2. The Morgan fingerprint density at radius 3 is 2.04 bits per heavy atom. The van der Waals surface area contributed by atoms with Gasteiger partial charge in [0.2, 0.25) is 0 Å². The van der Waals surface area contributed by atoms with Crippen LogP contribution in [-0.2, 0) is 0 Å². The van der Waals surface area contributed by atoms with Crippen molar-refractivity contribution >= 4 is 11.1 Å². The van der Waals surface area contributed by atoms with Crippen LogP contribution in [0.2, 0.25) is 0 Å². The summed E-state index contributed by atoms with van der Waals surface area (Å²) in [5, 5.41) is 0. The fourth-order valence-electron chi connectivity index (χ4n) is 3.77. The van der Waals surface area contributed by atoms with Gasteiger partial charge in [-0.2, -0.15) is 0 Å². The molecule has 0 nitrogen and oxygen atoms in total. The van der Waals surface area contributed by atoms with Gasteiger partial charge in [-0.05, 0) is 47.2 Å². The van der Waals surface area contributed by atoms with Crippen molar-refractivity contribution in [3.8, 4) is 0 Å². The third kappa shape index (κ3) is 2.31. The summed E-state index contributed by atoms with van der Waals surface area (Å²) in [5.41, 5.74) is 9.70. The molecule has 0 aromatic heterocycles. The van der Waals surface area contributed by atoms with Crippen LogP contribution in [0, 0.1) is 6.92 Å². The average Bonchev–Trinajstić information content (AvgIpc) is 2.88. The molecule has 1 aliphatic carbocycles. The molecule has 0 radical (unpaired) electrons. The second kappa shape index (κ2) is 5.55. The first-order chi connectivity index (χ1) is 11.3. The first kappa shape index (κ1) is 14.0. The Hall–Kier alpha value is -2.60. The van der Waals surface area contributed by atoms with E-state index in [0.717, 1.165) is 0 Å². The lowest BCUT2D eigenvalue weighted by molar-refractivity contribution is 1.06. The molecule has 3 aromatic carbocycles. The van der Waals surface area contributed by atoms with Crippen LogP contribution in [0.1, 0.15) is 40.7 Å². The minimum atomic E-state index is 0.327. The normalized spacial score (nSPS) is 16.5. The number of aryl methyl sites for hydroxylation is 1. The maximum absolute atomic E-state index is 2.35. The molecule has 0 saturated carbocycles. The van der Waals surface area contributed by atoms with Crippen LogP contribution in [0.5, 0.6) is 0 Å². The molecular weight excluding hydrogens is 276 g/mol. The van der Waals surface area contributed by atoms with E-state index in [0.29, 0.717) is 5.92 Å². The summed E-state index contributed by atoms with van der Waals surface area (Å²) in [6.45, 7) is 4.44. The van der Waals surface area contributed by atoms with Gasteiger partial charge in [0.05, 0.1) is 0 Å². The van der Waals surface area contributed by atoms with Crippen LogP contribution in [0.25, 0.3) is 11.1 Å². The monoisotopic (exact) mass is 296 g/mol. The van der Waals surface area contributed by atoms with E-state index in [9.17, 15) is 0 Å². The van der Waals surface area contributed by atoms with Crippen LogP contribution in [0.3, 0.4) is 0 Å². The predicted octanol–water partition coefficient (Wildman–Crippen LogP) is 6.07. The van der Waals surface area contributed by atoms with Gasteiger partial charge in [0.1, 0.15) is 0 Å². The number of hydrogen-bond acceptors (Lipinski definition) is 0. The molecule has 112 valence electrons. The quantitative estimate of drug-likeness (QED) is 0.538. The second-order valence-electron chi connectivity index (χ2n) is 6.34. The molecule has 0 fully saturated rings. The minimum absolute atomic E-state index is 0.327. The highest BCUT2D eigenvalue weighted by Crippen LogP contribution is 2.50. The Kier molecular flexibility index (Phi) is 3.38. The summed E-state index contributed by atoms with van der Waals surface area (Å²) in [6.07, 6.45) is 0. The molecule has 0 bridgehead atoms. The highest BCUT2D eigenvalue weighted by Gasteiger charge is 2.31. The Balaban J connectivity index is 1.98. The molecule has 0 N–H and O–H groups in total. The van der Waals surface area contributed by atoms with E-state index >= 15 is 0 Å². The van der Waals surface area contributed by atoms with Crippen LogP contribution < -0.4 is 0 Å². The maximum Gasteiger partial charge on any atom is 0.0354 e. The first-order valence-electron chi connectivity index (χ1n) is 8.18. The average molecular weight is 296 g/mol. The van der Waals surface area contributed by atoms with Gasteiger partial charge in [-0.25, -0.2) is 0 Å². The molecule has 1 aliphatic rings. The Bertz CT molecular complexity index is 870. The van der Waals surface area contributed by atoms with Crippen molar-refractivity contribution < 1.29 is 0 Å². The van der Waals surface area contributed by atoms with E-state index in [-0.39, 0.29) is 0 Å². The molecule has 0 heterocycles. The van der Waals surface area contributed by atoms with Crippen molar-refractivity contribution in [2.75, 3.05) is 0 Å². The van der Waals surface area contributed by atoms with Gasteiger partial charge in [0.25, 0.3) is 0 Å². The van der Waals surface area contributed by atoms with E-state index in [4.69, 9.17) is 0 Å². The zero-order valence-electron chi connectivity index (χ0n) is 13.6. The predicted molar refractivity (Wildman–Crippen MR) is 98.4 cm³/mol. The lowest BCUT2D eigenvalue weighted by atomic mass is 9.85. The molecule has 0 saturated heterocycles. The van der Waals surface area contributed by atoms with Gasteiger partial charge in [0, 0.05) is 5.92 Å². The zero-order valence-corrected chi connectivity index (χ0v) is 13.6. The fourth-order valence-corrected chi connectivity index (χ4v) is 3.77. The standard InChI is InChI=1S/C23H20/c1-16-13-14-20-17(2)22(18-9-5-3-6-10-18)23(21(20)15-16)19-11-7-4-8-12-19/h3-15,23H,1-2H3. The molecule has 0 heteroatoms. The Labute approximate surface area is 138 Å². The molecule has 23 heavy (non-hydrogen) atoms. The molecule has 0 spiro atoms. The number of allylic oxidation sites excluding steroid dienone is 2. The Morgan fingerprint density at radius 2 is 1.35 bits per heavy atom. The van der Waals surface area contributed by atoms with Gasteiger partial charge in [-0.1, -0.05) is 84.4 Å². The van der Waals surface area contributed by atoms with Crippen molar-refractivity contribution in [1.82, 2.24) is 0 Å². The van der Waals surface area contributed by atoms with Crippen LogP contribution >= 0.6 is 0 Å². The number of fused-ring (bicyclic) bond motifs is 1. The summed E-state index contributed by atoms with van der Waals surface area (Å²) in [5.74, 6) is 0.327. The molecule has 1 unspecified atom stereocenters. The minimum Gasteiger partial charge on any atom is -0.0622 e. The lowest BCUT2D eigenvalue weighted by Crippen LogP contribution is -2.01. The molecule has 0 aliphatic heterocycles. The van der Waals surface area contributed by atoms with Gasteiger partial charge < -0.3 is 0 Å². The van der Waals surface area contributed by atoms with Gasteiger partial charge in [-0.3, -0.25) is 0 Å². The summed E-state index contributed by atoms with van der Waals surface area (Å²) in [6, 6.07) is 28.5. The van der Waals surface area contributed by atoms with Crippen molar-refractivity contribution in [2.45, 2.75) is 19.8 Å². The van der Waals surface area contributed by atoms with E-state index in [2.05, 4.69) is 92.7 Å². The van der Waals surface area contributed by atoms with Crippen molar-refractivity contribution in [3.05, 3.63) is 107 Å². The molecule has 0 amide bonds. The first-order valence-corrected chi connectivity index (χ1v) is 8.18. The number of benzene rings is 3. The maximum atomic E-state index is 2.35. The van der Waals surface area contributed by atoms with E-state index in [1.54, 1.807) is 0 Å². The van der Waals surface area contributed by atoms with Crippen molar-refractivity contribution in [3.63, 3.8) is 0 Å². The highest BCUT2D eigenvalue weighted by atomic mass is 14.3. The van der Waals surface area contributed by atoms with Crippen LogP contribution in [-0.4, -0.2) is 0 Å². The molecule has 3 aromatic rings. The third-order valence-electron chi connectivity index (χ3n) is 4.83. The lowest BCUT2D eigenvalue weighted by Gasteiger charge is -2.18. The topological polar surface area (TPSA) is 0 Å². The third-order valence-corrected chi connectivity index (χ3v) is 4.83. The van der Waals surface area contributed by atoms with Gasteiger partial charge in [0.15, 0.2) is 0 Å². The zero-order chi connectivity index (χ0) is 15.8. The second-order valence-corrected chi connectivity index (χ2v) is 6.34. The molecular formula is C23H20. The van der Waals surface area contributed by atoms with Gasteiger partial charge in [-0.15, -0.1) is 0 Å². The smallest absolute Gasteiger partial charge is 0.0354 e. The summed E-state index contributed by atoms with van der Waals surface area (Å²) in [7, 11) is 0. The summed E-state index contributed by atoms with van der Waals surface area (Å²) in [4.78, 5) is 0. The fraction of sp³-hybridized carbons (Fsp3) is 0.130. The Morgan fingerprint density at radius 1 is 0.696 bits per heavy atom.